The Kier molecular flexibility index (Phi) is 3.04. The van der Waals surface area contributed by atoms with E-state index in [2.05, 4.69) is 56.5 Å². The van der Waals surface area contributed by atoms with Gasteiger partial charge in [0.15, 0.2) is 0 Å². The molecule has 3 nitrogen and oxygen atoms in total. The Morgan fingerprint density at radius 3 is 2.90 bits per heavy atom. The van der Waals surface area contributed by atoms with Crippen molar-refractivity contribution in [2.45, 2.75) is 6.42 Å². The zero-order valence-corrected chi connectivity index (χ0v) is 12.9. The second-order valence-electron chi connectivity index (χ2n) is 5.10. The summed E-state index contributed by atoms with van der Waals surface area (Å²) in [4.78, 5) is 0. The summed E-state index contributed by atoms with van der Waals surface area (Å²) in [6.45, 7) is 0.780. The minimum absolute atomic E-state index is 0.780. The van der Waals surface area contributed by atoms with E-state index < -0.39 is 0 Å². The zero-order valence-electron chi connectivity index (χ0n) is 11.3. The lowest BCUT2D eigenvalue weighted by Gasteiger charge is -2.01. The van der Waals surface area contributed by atoms with Gasteiger partial charge in [0.2, 0.25) is 0 Å². The molecule has 0 saturated carbocycles. The first-order valence-electron chi connectivity index (χ1n) is 6.87. The van der Waals surface area contributed by atoms with E-state index in [1.807, 2.05) is 18.2 Å². The van der Waals surface area contributed by atoms with Gasteiger partial charge in [-0.25, -0.2) is 0 Å². The van der Waals surface area contributed by atoms with Crippen molar-refractivity contribution < 1.29 is 4.74 Å². The summed E-state index contributed by atoms with van der Waals surface area (Å²) in [5.41, 5.74) is 5.48. The molecule has 104 valence electrons. The van der Waals surface area contributed by atoms with Crippen LogP contribution in [-0.4, -0.2) is 16.8 Å². The third-order valence-corrected chi connectivity index (χ3v) is 4.19. The third kappa shape index (κ3) is 2.36. The molecule has 1 aliphatic heterocycles. The van der Waals surface area contributed by atoms with Crippen molar-refractivity contribution in [3.05, 3.63) is 58.6 Å². The highest BCUT2D eigenvalue weighted by molar-refractivity contribution is 9.10. The van der Waals surface area contributed by atoms with E-state index in [9.17, 15) is 0 Å². The number of aromatic amines is 1. The first kappa shape index (κ1) is 12.7. The molecule has 0 unspecified atom stereocenters. The maximum absolute atomic E-state index is 5.54. The average molecular weight is 341 g/mol. The van der Waals surface area contributed by atoms with Crippen LogP contribution in [0.2, 0.25) is 0 Å². The minimum Gasteiger partial charge on any atom is -0.493 e. The molecule has 0 fully saturated rings. The number of nitrogens with zero attached hydrogens (tertiary/aromatic N) is 1. The molecular weight excluding hydrogens is 328 g/mol. The maximum Gasteiger partial charge on any atom is 0.122 e. The van der Waals surface area contributed by atoms with Crippen LogP contribution in [-0.2, 0) is 6.42 Å². The van der Waals surface area contributed by atoms with Crippen LogP contribution in [0.25, 0.3) is 22.5 Å². The Bertz CT molecular complexity index is 810. The van der Waals surface area contributed by atoms with E-state index >= 15 is 0 Å². The molecule has 0 spiro atoms. The number of benzene rings is 2. The number of hydrogen-bond acceptors (Lipinski definition) is 2. The van der Waals surface area contributed by atoms with Gasteiger partial charge in [-0.2, -0.15) is 5.10 Å². The van der Waals surface area contributed by atoms with Crippen molar-refractivity contribution in [3.8, 4) is 28.3 Å². The molecule has 3 aromatic rings. The Balaban J connectivity index is 1.71. The van der Waals surface area contributed by atoms with Gasteiger partial charge in [-0.15, -0.1) is 0 Å². The number of rotatable bonds is 2. The predicted molar refractivity (Wildman–Crippen MR) is 86.4 cm³/mol. The Hall–Kier alpha value is -2.07. The number of nitrogens with one attached hydrogen (secondary N) is 1. The second-order valence-corrected chi connectivity index (χ2v) is 6.01. The van der Waals surface area contributed by atoms with Crippen molar-refractivity contribution in [1.82, 2.24) is 10.2 Å². The number of aromatic nitrogens is 2. The SMILES string of the molecule is Brc1cccc(-c2cc(-c3ccc4c(c3)CCO4)n[nH]2)c1. The van der Waals surface area contributed by atoms with E-state index in [4.69, 9.17) is 4.74 Å². The number of halogens is 1. The lowest BCUT2D eigenvalue weighted by molar-refractivity contribution is 0.357. The first-order chi connectivity index (χ1) is 10.3. The van der Waals surface area contributed by atoms with E-state index in [0.29, 0.717) is 0 Å². The fourth-order valence-corrected chi connectivity index (χ4v) is 3.02. The van der Waals surface area contributed by atoms with Gasteiger partial charge in [-0.3, -0.25) is 5.10 Å². The normalized spacial score (nSPS) is 13.0. The first-order valence-corrected chi connectivity index (χ1v) is 7.66. The number of H-pyrrole nitrogens is 1. The van der Waals surface area contributed by atoms with E-state index in [-0.39, 0.29) is 0 Å². The molecule has 4 heteroatoms. The van der Waals surface area contributed by atoms with Crippen molar-refractivity contribution >= 4 is 15.9 Å². The van der Waals surface area contributed by atoms with Gasteiger partial charge in [0.1, 0.15) is 5.75 Å². The fourth-order valence-electron chi connectivity index (χ4n) is 2.62. The largest absolute Gasteiger partial charge is 0.493 e. The monoisotopic (exact) mass is 340 g/mol. The quantitative estimate of drug-likeness (QED) is 0.748. The molecule has 0 bridgehead atoms. The minimum atomic E-state index is 0.780. The van der Waals surface area contributed by atoms with Crippen LogP contribution in [0.4, 0.5) is 0 Å². The average Bonchev–Trinajstić information content (AvgIpc) is 3.15. The van der Waals surface area contributed by atoms with Gasteiger partial charge < -0.3 is 4.74 Å². The third-order valence-electron chi connectivity index (χ3n) is 3.70. The van der Waals surface area contributed by atoms with Gasteiger partial charge in [-0.1, -0.05) is 28.1 Å². The molecule has 21 heavy (non-hydrogen) atoms. The molecule has 2 heterocycles. The van der Waals surface area contributed by atoms with Crippen LogP contribution in [0, 0.1) is 0 Å². The highest BCUT2D eigenvalue weighted by atomic mass is 79.9. The standard InChI is InChI=1S/C17H13BrN2O/c18-14-3-1-2-11(9-14)15-10-16(20-19-15)12-4-5-17-13(8-12)6-7-21-17/h1-5,8-10H,6-7H2,(H,19,20). The molecule has 0 saturated heterocycles. The highest BCUT2D eigenvalue weighted by Gasteiger charge is 2.14. The second kappa shape index (κ2) is 5.04. The smallest absolute Gasteiger partial charge is 0.122 e. The van der Waals surface area contributed by atoms with Crippen LogP contribution < -0.4 is 4.74 Å². The molecular formula is C17H13BrN2O. The van der Waals surface area contributed by atoms with Crippen LogP contribution in [0.1, 0.15) is 5.56 Å². The lowest BCUT2D eigenvalue weighted by Crippen LogP contribution is -1.85. The van der Waals surface area contributed by atoms with Crippen molar-refractivity contribution in [3.63, 3.8) is 0 Å². The van der Waals surface area contributed by atoms with E-state index in [1.54, 1.807) is 0 Å². The molecule has 2 aromatic carbocycles. The van der Waals surface area contributed by atoms with Crippen molar-refractivity contribution in [1.29, 1.82) is 0 Å². The lowest BCUT2D eigenvalue weighted by atomic mass is 10.1. The Labute approximate surface area is 131 Å². The van der Waals surface area contributed by atoms with Gasteiger partial charge in [-0.05, 0) is 42.0 Å². The van der Waals surface area contributed by atoms with E-state index in [1.165, 1.54) is 5.56 Å². The predicted octanol–water partition coefficient (Wildman–Crippen LogP) is 4.44. The summed E-state index contributed by atoms with van der Waals surface area (Å²) < 4.78 is 6.60. The highest BCUT2D eigenvalue weighted by Crippen LogP contribution is 2.31. The number of ether oxygens (including phenoxy) is 1. The van der Waals surface area contributed by atoms with Crippen molar-refractivity contribution in [2.24, 2.45) is 0 Å². The number of hydrogen-bond donors (Lipinski definition) is 1. The van der Waals surface area contributed by atoms with Gasteiger partial charge in [0, 0.05) is 22.0 Å². The van der Waals surface area contributed by atoms with Crippen LogP contribution >= 0.6 is 15.9 Å². The van der Waals surface area contributed by atoms with Gasteiger partial charge in [0.25, 0.3) is 0 Å². The zero-order chi connectivity index (χ0) is 14.2. The molecule has 0 amide bonds. The Morgan fingerprint density at radius 2 is 2.00 bits per heavy atom. The fraction of sp³-hybridized carbons (Fsp3) is 0.118. The summed E-state index contributed by atoms with van der Waals surface area (Å²) >= 11 is 3.50. The summed E-state index contributed by atoms with van der Waals surface area (Å²) in [6, 6.07) is 16.5. The molecule has 0 radical (unpaired) electrons. The Morgan fingerprint density at radius 1 is 1.05 bits per heavy atom. The maximum atomic E-state index is 5.54. The molecule has 1 aliphatic rings. The number of fused-ring (bicyclic) bond motifs is 1. The molecule has 1 aromatic heterocycles. The molecule has 1 N–H and O–H groups in total. The summed E-state index contributed by atoms with van der Waals surface area (Å²) in [5, 5.41) is 7.55. The van der Waals surface area contributed by atoms with Gasteiger partial charge >= 0.3 is 0 Å². The summed E-state index contributed by atoms with van der Waals surface area (Å²) in [6.07, 6.45) is 0.978. The van der Waals surface area contributed by atoms with Crippen LogP contribution in [0.15, 0.2) is 53.0 Å². The molecule has 4 rings (SSSR count). The molecule has 0 aliphatic carbocycles. The van der Waals surface area contributed by atoms with Gasteiger partial charge in [0.05, 0.1) is 18.0 Å². The summed E-state index contributed by atoms with van der Waals surface area (Å²) in [5.74, 6) is 1.00. The summed E-state index contributed by atoms with van der Waals surface area (Å²) in [7, 11) is 0. The molecule has 0 atom stereocenters. The topological polar surface area (TPSA) is 37.9 Å². The van der Waals surface area contributed by atoms with Crippen LogP contribution in [0.5, 0.6) is 5.75 Å². The van der Waals surface area contributed by atoms with Crippen LogP contribution in [0.3, 0.4) is 0 Å². The van der Waals surface area contributed by atoms with E-state index in [0.717, 1.165) is 45.8 Å². The van der Waals surface area contributed by atoms with Crippen molar-refractivity contribution in [2.75, 3.05) is 6.61 Å².